The highest BCUT2D eigenvalue weighted by atomic mass is 35.5. The van der Waals surface area contributed by atoms with E-state index < -0.39 is 0 Å². The van der Waals surface area contributed by atoms with Gasteiger partial charge in [0.25, 0.3) is 0 Å². The second kappa shape index (κ2) is 4.09. The zero-order chi connectivity index (χ0) is 10.8. The maximum atomic E-state index is 6.05. The minimum absolute atomic E-state index is 0.623. The van der Waals surface area contributed by atoms with Gasteiger partial charge >= 0.3 is 0 Å². The van der Waals surface area contributed by atoms with Crippen LogP contribution in [-0.4, -0.2) is 9.55 Å². The summed E-state index contributed by atoms with van der Waals surface area (Å²) in [6, 6.07) is 5.28. The molecule has 1 aromatic carbocycles. The number of benzene rings is 1. The molecule has 0 amide bonds. The lowest BCUT2D eigenvalue weighted by Gasteiger charge is -2.08. The Hall–Kier alpha value is -1.25. The molecule has 0 fully saturated rings. The molecule has 0 radical (unpaired) electrons. The van der Waals surface area contributed by atoms with Gasteiger partial charge in [-0.25, -0.2) is 4.98 Å². The van der Waals surface area contributed by atoms with Crippen molar-refractivity contribution in [3.63, 3.8) is 0 Å². The highest BCUT2D eigenvalue weighted by Crippen LogP contribution is 2.26. The maximum Gasteiger partial charge on any atom is 0.0991 e. The van der Waals surface area contributed by atoms with E-state index >= 15 is 0 Å². The molecule has 0 bridgehead atoms. The molecule has 15 heavy (non-hydrogen) atoms. The molecule has 0 saturated carbocycles. The van der Waals surface area contributed by atoms with Crippen molar-refractivity contribution in [2.75, 3.05) is 0 Å². The SMILES string of the molecule is C=C(c1cc(Cl)ccc1Cl)n1ccnc1. The van der Waals surface area contributed by atoms with Gasteiger partial charge in [-0.2, -0.15) is 0 Å². The molecule has 2 rings (SSSR count). The Bertz CT molecular complexity index is 489. The number of halogens is 2. The van der Waals surface area contributed by atoms with Crippen molar-refractivity contribution in [3.8, 4) is 0 Å². The van der Waals surface area contributed by atoms with E-state index in [0.29, 0.717) is 10.0 Å². The molecule has 1 heterocycles. The van der Waals surface area contributed by atoms with Crippen LogP contribution in [0.15, 0.2) is 43.5 Å². The Morgan fingerprint density at radius 2 is 2.13 bits per heavy atom. The summed E-state index contributed by atoms with van der Waals surface area (Å²) in [5, 5.41) is 1.26. The molecule has 76 valence electrons. The number of rotatable bonds is 2. The number of hydrogen-bond donors (Lipinski definition) is 0. The molecule has 2 nitrogen and oxygen atoms in total. The smallest absolute Gasteiger partial charge is 0.0991 e. The van der Waals surface area contributed by atoms with E-state index in [9.17, 15) is 0 Å². The van der Waals surface area contributed by atoms with Gasteiger partial charge in [-0.15, -0.1) is 0 Å². The fraction of sp³-hybridized carbons (Fsp3) is 0. The molecule has 0 N–H and O–H groups in total. The Balaban J connectivity index is 2.46. The maximum absolute atomic E-state index is 6.05. The van der Waals surface area contributed by atoms with Gasteiger partial charge in [-0.1, -0.05) is 29.8 Å². The average Bonchev–Trinajstić information content (AvgIpc) is 2.74. The van der Waals surface area contributed by atoms with Gasteiger partial charge in [0.1, 0.15) is 0 Å². The van der Waals surface area contributed by atoms with Crippen LogP contribution in [0.1, 0.15) is 5.56 Å². The van der Waals surface area contributed by atoms with Crippen LogP contribution >= 0.6 is 23.2 Å². The standard InChI is InChI=1S/C11H8Cl2N2/c1-8(15-5-4-14-7-15)10-6-9(12)2-3-11(10)13/h2-7H,1H2. The molecule has 0 aliphatic rings. The molecule has 1 aromatic heterocycles. The molecule has 0 saturated heterocycles. The van der Waals surface area contributed by atoms with Crippen molar-refractivity contribution in [1.82, 2.24) is 9.55 Å². The van der Waals surface area contributed by atoms with Crippen LogP contribution in [0.25, 0.3) is 5.70 Å². The second-order valence-corrected chi connectivity index (χ2v) is 3.88. The molecule has 2 aromatic rings. The van der Waals surface area contributed by atoms with Crippen molar-refractivity contribution in [1.29, 1.82) is 0 Å². The normalized spacial score (nSPS) is 10.3. The van der Waals surface area contributed by atoms with E-state index in [1.807, 2.05) is 0 Å². The van der Waals surface area contributed by atoms with Crippen LogP contribution in [-0.2, 0) is 0 Å². The third kappa shape index (κ3) is 2.06. The van der Waals surface area contributed by atoms with E-state index in [2.05, 4.69) is 11.6 Å². The van der Waals surface area contributed by atoms with E-state index in [4.69, 9.17) is 23.2 Å². The second-order valence-electron chi connectivity index (χ2n) is 3.04. The number of nitrogens with zero attached hydrogens (tertiary/aromatic N) is 2. The first-order chi connectivity index (χ1) is 7.18. The van der Waals surface area contributed by atoms with Crippen molar-refractivity contribution in [2.24, 2.45) is 0 Å². The quantitative estimate of drug-likeness (QED) is 0.781. The highest BCUT2D eigenvalue weighted by molar-refractivity contribution is 6.34. The lowest BCUT2D eigenvalue weighted by Crippen LogP contribution is -1.95. The summed E-state index contributed by atoms with van der Waals surface area (Å²) < 4.78 is 1.79. The predicted octanol–water partition coefficient (Wildman–Crippen LogP) is 3.71. The summed E-state index contributed by atoms with van der Waals surface area (Å²) in [4.78, 5) is 3.95. The monoisotopic (exact) mass is 238 g/mol. The lowest BCUT2D eigenvalue weighted by molar-refractivity contribution is 1.09. The zero-order valence-corrected chi connectivity index (χ0v) is 9.33. The van der Waals surface area contributed by atoms with Crippen molar-refractivity contribution in [3.05, 3.63) is 59.1 Å². The van der Waals surface area contributed by atoms with Crippen LogP contribution in [0.5, 0.6) is 0 Å². The predicted molar refractivity (Wildman–Crippen MR) is 63.1 cm³/mol. The number of imidazole rings is 1. The topological polar surface area (TPSA) is 17.8 Å². The van der Waals surface area contributed by atoms with Crippen LogP contribution in [0.4, 0.5) is 0 Å². The third-order valence-electron chi connectivity index (χ3n) is 2.06. The molecule has 0 unspecified atom stereocenters. The summed E-state index contributed by atoms with van der Waals surface area (Å²) in [5.41, 5.74) is 1.56. The van der Waals surface area contributed by atoms with E-state index in [1.165, 1.54) is 0 Å². The minimum atomic E-state index is 0.623. The molecule has 0 spiro atoms. The fourth-order valence-corrected chi connectivity index (χ4v) is 1.68. The van der Waals surface area contributed by atoms with E-state index in [1.54, 1.807) is 41.5 Å². The fourth-order valence-electron chi connectivity index (χ4n) is 1.28. The van der Waals surface area contributed by atoms with Gasteiger partial charge in [0.2, 0.25) is 0 Å². The molecule has 4 heteroatoms. The van der Waals surface area contributed by atoms with Gasteiger partial charge in [0, 0.05) is 33.7 Å². The van der Waals surface area contributed by atoms with Crippen LogP contribution in [0.3, 0.4) is 0 Å². The first-order valence-electron chi connectivity index (χ1n) is 4.31. The lowest BCUT2D eigenvalue weighted by atomic mass is 10.2. The van der Waals surface area contributed by atoms with Crippen molar-refractivity contribution >= 4 is 28.9 Å². The van der Waals surface area contributed by atoms with Gasteiger partial charge in [0.05, 0.1) is 6.33 Å². The highest BCUT2D eigenvalue weighted by Gasteiger charge is 2.06. The Kier molecular flexibility index (Phi) is 2.80. The van der Waals surface area contributed by atoms with Gasteiger partial charge in [0.15, 0.2) is 0 Å². The first kappa shape index (κ1) is 10.3. The number of hydrogen-bond acceptors (Lipinski definition) is 1. The molecular weight excluding hydrogens is 231 g/mol. The third-order valence-corrected chi connectivity index (χ3v) is 2.62. The van der Waals surface area contributed by atoms with Gasteiger partial charge in [-0.3, -0.25) is 0 Å². The first-order valence-corrected chi connectivity index (χ1v) is 5.07. The molecule has 0 aliphatic heterocycles. The Labute approximate surface area is 97.8 Å². The van der Waals surface area contributed by atoms with Crippen LogP contribution in [0, 0.1) is 0 Å². The molecule has 0 atom stereocenters. The van der Waals surface area contributed by atoms with E-state index in [0.717, 1.165) is 11.3 Å². The summed E-state index contributed by atoms with van der Waals surface area (Å²) >= 11 is 12.0. The molecular formula is C11H8Cl2N2. The Morgan fingerprint density at radius 1 is 1.33 bits per heavy atom. The molecule has 0 aliphatic carbocycles. The van der Waals surface area contributed by atoms with Gasteiger partial charge in [-0.05, 0) is 18.2 Å². The largest absolute Gasteiger partial charge is 0.306 e. The zero-order valence-electron chi connectivity index (χ0n) is 7.82. The minimum Gasteiger partial charge on any atom is -0.306 e. The van der Waals surface area contributed by atoms with Crippen LogP contribution < -0.4 is 0 Å². The van der Waals surface area contributed by atoms with Crippen molar-refractivity contribution in [2.45, 2.75) is 0 Å². The summed E-state index contributed by atoms with van der Waals surface area (Å²) in [6.07, 6.45) is 5.16. The summed E-state index contributed by atoms with van der Waals surface area (Å²) in [7, 11) is 0. The van der Waals surface area contributed by atoms with Crippen molar-refractivity contribution < 1.29 is 0 Å². The van der Waals surface area contributed by atoms with Crippen LogP contribution in [0.2, 0.25) is 10.0 Å². The van der Waals surface area contributed by atoms with Gasteiger partial charge < -0.3 is 4.57 Å². The Morgan fingerprint density at radius 3 is 2.80 bits per heavy atom. The van der Waals surface area contributed by atoms with E-state index in [-0.39, 0.29) is 0 Å². The average molecular weight is 239 g/mol. The summed E-state index contributed by atoms with van der Waals surface area (Å²) in [5.74, 6) is 0. The summed E-state index contributed by atoms with van der Waals surface area (Å²) in [6.45, 7) is 3.95. The number of aromatic nitrogens is 2.